The maximum Gasteiger partial charge on any atom is 0.416 e. The molecule has 162 valence electrons. The number of rotatable bonds is 7. The number of halogens is 3. The number of aryl methyl sites for hydroxylation is 1. The van der Waals surface area contributed by atoms with Gasteiger partial charge in [-0.2, -0.15) is 13.2 Å². The average Bonchev–Trinajstić information content (AvgIpc) is 3.05. The molecule has 1 aromatic heterocycles. The van der Waals surface area contributed by atoms with Gasteiger partial charge in [-0.15, -0.1) is 0 Å². The molecular formula is C20H22F3N3O3S. The fourth-order valence-electron chi connectivity index (χ4n) is 3.22. The van der Waals surface area contributed by atoms with Gasteiger partial charge in [0.1, 0.15) is 11.6 Å². The molecule has 6 nitrogen and oxygen atoms in total. The zero-order valence-corrected chi connectivity index (χ0v) is 17.5. The van der Waals surface area contributed by atoms with E-state index in [2.05, 4.69) is 9.71 Å². The van der Waals surface area contributed by atoms with Crippen molar-refractivity contribution in [2.45, 2.75) is 44.4 Å². The lowest BCUT2D eigenvalue weighted by Crippen LogP contribution is -2.28. The Kier molecular flexibility index (Phi) is 6.09. The number of alkyl halides is 3. The largest absolute Gasteiger partial charge is 0.494 e. The van der Waals surface area contributed by atoms with Crippen molar-refractivity contribution in [3.05, 3.63) is 53.9 Å². The number of ether oxygens (including phenoxy) is 1. The molecule has 0 saturated carbocycles. The van der Waals surface area contributed by atoms with E-state index in [1.54, 1.807) is 30.5 Å². The molecule has 0 aliphatic rings. The van der Waals surface area contributed by atoms with Crippen LogP contribution in [0.1, 0.15) is 38.2 Å². The SMILES string of the molecule is CCOc1ccc(S(=O)(=O)NC(C)c2nc3ccc(C(F)(F)F)cc3n2CC)cc1. The van der Waals surface area contributed by atoms with E-state index in [1.165, 1.54) is 18.2 Å². The second kappa shape index (κ2) is 8.27. The molecule has 1 unspecified atom stereocenters. The third-order valence-corrected chi connectivity index (χ3v) is 6.14. The van der Waals surface area contributed by atoms with E-state index in [1.807, 2.05) is 6.92 Å². The molecule has 1 heterocycles. The van der Waals surface area contributed by atoms with Gasteiger partial charge >= 0.3 is 6.18 Å². The van der Waals surface area contributed by atoms with Crippen LogP contribution in [-0.2, 0) is 22.7 Å². The first-order valence-corrected chi connectivity index (χ1v) is 10.9. The molecule has 30 heavy (non-hydrogen) atoms. The molecule has 0 fully saturated rings. The van der Waals surface area contributed by atoms with Gasteiger partial charge in [0.05, 0.1) is 34.1 Å². The molecule has 0 aliphatic heterocycles. The van der Waals surface area contributed by atoms with Gasteiger partial charge in [0.2, 0.25) is 10.0 Å². The second-order valence-corrected chi connectivity index (χ2v) is 8.38. The highest BCUT2D eigenvalue weighted by atomic mass is 32.2. The van der Waals surface area contributed by atoms with Crippen molar-refractivity contribution in [2.75, 3.05) is 6.61 Å². The van der Waals surface area contributed by atoms with E-state index in [4.69, 9.17) is 4.74 Å². The van der Waals surface area contributed by atoms with E-state index in [-0.39, 0.29) is 4.90 Å². The van der Waals surface area contributed by atoms with Crippen LogP contribution in [0.15, 0.2) is 47.4 Å². The molecule has 0 aliphatic carbocycles. The number of sulfonamides is 1. The monoisotopic (exact) mass is 441 g/mol. The Balaban J connectivity index is 1.93. The Morgan fingerprint density at radius 1 is 1.13 bits per heavy atom. The summed E-state index contributed by atoms with van der Waals surface area (Å²) in [6, 6.07) is 8.50. The van der Waals surface area contributed by atoms with Gasteiger partial charge in [0, 0.05) is 6.54 Å². The van der Waals surface area contributed by atoms with Crippen molar-refractivity contribution in [1.29, 1.82) is 0 Å². The summed E-state index contributed by atoms with van der Waals surface area (Å²) in [4.78, 5) is 4.42. The average molecular weight is 441 g/mol. The lowest BCUT2D eigenvalue weighted by molar-refractivity contribution is -0.137. The van der Waals surface area contributed by atoms with Gasteiger partial charge in [-0.1, -0.05) is 0 Å². The second-order valence-electron chi connectivity index (χ2n) is 6.66. The first kappa shape index (κ1) is 22.1. The van der Waals surface area contributed by atoms with Crippen molar-refractivity contribution < 1.29 is 26.3 Å². The number of fused-ring (bicyclic) bond motifs is 1. The molecular weight excluding hydrogens is 419 g/mol. The van der Waals surface area contributed by atoms with E-state index in [0.717, 1.165) is 12.1 Å². The van der Waals surface area contributed by atoms with E-state index >= 15 is 0 Å². The molecule has 10 heteroatoms. The number of hydrogen-bond donors (Lipinski definition) is 1. The number of imidazole rings is 1. The van der Waals surface area contributed by atoms with Crippen LogP contribution in [-0.4, -0.2) is 24.6 Å². The van der Waals surface area contributed by atoms with Crippen LogP contribution in [0.3, 0.4) is 0 Å². The maximum atomic E-state index is 13.1. The highest BCUT2D eigenvalue weighted by molar-refractivity contribution is 7.89. The molecule has 3 aromatic rings. The Bertz CT molecular complexity index is 1140. The summed E-state index contributed by atoms with van der Waals surface area (Å²) in [6.07, 6.45) is -4.47. The maximum absolute atomic E-state index is 13.1. The molecule has 0 saturated heterocycles. The number of benzene rings is 2. The number of hydrogen-bond acceptors (Lipinski definition) is 4. The Morgan fingerprint density at radius 2 is 1.80 bits per heavy atom. The van der Waals surface area contributed by atoms with E-state index in [0.29, 0.717) is 35.8 Å². The zero-order valence-electron chi connectivity index (χ0n) is 16.7. The summed E-state index contributed by atoms with van der Waals surface area (Å²) in [6.45, 7) is 5.99. The Morgan fingerprint density at radius 3 is 2.37 bits per heavy atom. The summed E-state index contributed by atoms with van der Waals surface area (Å²) in [7, 11) is -3.87. The lowest BCUT2D eigenvalue weighted by Gasteiger charge is -2.16. The predicted octanol–water partition coefficient (Wildman–Crippen LogP) is 4.51. The molecule has 0 spiro atoms. The highest BCUT2D eigenvalue weighted by Gasteiger charge is 2.31. The standard InChI is InChI=1S/C20H22F3N3O3S/c1-4-26-18-12-14(20(21,22)23)6-11-17(18)24-19(26)13(3)25-30(27,28)16-9-7-15(8-10-16)29-5-2/h6-13,25H,4-5H2,1-3H3. The minimum atomic E-state index is -4.47. The molecule has 0 amide bonds. The predicted molar refractivity (Wildman–Crippen MR) is 107 cm³/mol. The zero-order chi connectivity index (χ0) is 22.1. The molecule has 0 radical (unpaired) electrons. The minimum Gasteiger partial charge on any atom is -0.494 e. The minimum absolute atomic E-state index is 0.0521. The van der Waals surface area contributed by atoms with Crippen molar-refractivity contribution >= 4 is 21.1 Å². The van der Waals surface area contributed by atoms with Crippen LogP contribution >= 0.6 is 0 Å². The van der Waals surface area contributed by atoms with Crippen LogP contribution < -0.4 is 9.46 Å². The van der Waals surface area contributed by atoms with Crippen molar-refractivity contribution in [3.63, 3.8) is 0 Å². The van der Waals surface area contributed by atoms with Gasteiger partial charge in [0.15, 0.2) is 0 Å². The molecule has 1 N–H and O–H groups in total. The first-order valence-electron chi connectivity index (χ1n) is 9.39. The molecule has 2 aromatic carbocycles. The van der Waals surface area contributed by atoms with Gasteiger partial charge in [-0.25, -0.2) is 18.1 Å². The van der Waals surface area contributed by atoms with Gasteiger partial charge in [-0.05, 0) is 63.2 Å². The van der Waals surface area contributed by atoms with Crippen molar-refractivity contribution in [1.82, 2.24) is 14.3 Å². The summed E-state index contributed by atoms with van der Waals surface area (Å²) >= 11 is 0. The smallest absolute Gasteiger partial charge is 0.416 e. The normalized spacial score (nSPS) is 13.5. The number of aromatic nitrogens is 2. The number of nitrogens with one attached hydrogen (secondary N) is 1. The van der Waals surface area contributed by atoms with Crippen LogP contribution in [0.5, 0.6) is 5.75 Å². The Hall–Kier alpha value is -2.59. The van der Waals surface area contributed by atoms with Crippen LogP contribution in [0.2, 0.25) is 0 Å². The highest BCUT2D eigenvalue weighted by Crippen LogP contribution is 2.32. The van der Waals surface area contributed by atoms with Gasteiger partial charge in [-0.3, -0.25) is 0 Å². The molecule has 1 atom stereocenters. The Labute approximate surface area is 172 Å². The van der Waals surface area contributed by atoms with Crippen molar-refractivity contribution in [2.24, 2.45) is 0 Å². The third kappa shape index (κ3) is 4.44. The first-order chi connectivity index (χ1) is 14.1. The van der Waals surface area contributed by atoms with E-state index in [9.17, 15) is 21.6 Å². The number of nitrogens with zero attached hydrogens (tertiary/aromatic N) is 2. The fourth-order valence-corrected chi connectivity index (χ4v) is 4.42. The third-order valence-electron chi connectivity index (χ3n) is 4.59. The quantitative estimate of drug-likeness (QED) is 0.585. The van der Waals surface area contributed by atoms with Gasteiger partial charge < -0.3 is 9.30 Å². The van der Waals surface area contributed by atoms with Gasteiger partial charge in [0.25, 0.3) is 0 Å². The summed E-state index contributed by atoms with van der Waals surface area (Å²) in [5.74, 6) is 0.888. The van der Waals surface area contributed by atoms with Crippen molar-refractivity contribution in [3.8, 4) is 5.75 Å². The summed E-state index contributed by atoms with van der Waals surface area (Å²) in [5, 5.41) is 0. The van der Waals surface area contributed by atoms with E-state index < -0.39 is 27.8 Å². The lowest BCUT2D eigenvalue weighted by atomic mass is 10.2. The van der Waals surface area contributed by atoms with Crippen LogP contribution in [0, 0.1) is 0 Å². The summed E-state index contributed by atoms with van der Waals surface area (Å²) in [5.41, 5.74) is -0.111. The van der Waals surface area contributed by atoms with Crippen LogP contribution in [0.4, 0.5) is 13.2 Å². The molecule has 0 bridgehead atoms. The fraction of sp³-hybridized carbons (Fsp3) is 0.350. The topological polar surface area (TPSA) is 73.2 Å². The van der Waals surface area contributed by atoms with Crippen LogP contribution in [0.25, 0.3) is 11.0 Å². The summed E-state index contributed by atoms with van der Waals surface area (Å²) < 4.78 is 74.2. The molecule has 3 rings (SSSR count).